The van der Waals surface area contributed by atoms with Crippen LogP contribution in [0.5, 0.6) is 0 Å². The van der Waals surface area contributed by atoms with Crippen molar-refractivity contribution in [2.75, 3.05) is 6.54 Å². The summed E-state index contributed by atoms with van der Waals surface area (Å²) >= 11 is 0. The first-order chi connectivity index (χ1) is 15.0. The second-order valence-electron chi connectivity index (χ2n) is 7.59. The van der Waals surface area contributed by atoms with Crippen molar-refractivity contribution >= 4 is 11.6 Å². The highest BCUT2D eigenvalue weighted by Crippen LogP contribution is 2.21. The highest BCUT2D eigenvalue weighted by Gasteiger charge is 2.28. The molecule has 0 bridgehead atoms. The molecule has 158 valence electrons. The normalized spacial score (nSPS) is 15.3. The van der Waals surface area contributed by atoms with Gasteiger partial charge < -0.3 is 9.74 Å². The van der Waals surface area contributed by atoms with Crippen LogP contribution in [-0.2, 0) is 11.4 Å². The van der Waals surface area contributed by atoms with Gasteiger partial charge in [-0.05, 0) is 30.7 Å². The highest BCUT2D eigenvalue weighted by atomic mass is 19.1. The second kappa shape index (κ2) is 9.08. The topological polar surface area (TPSA) is 41.9 Å². The molecule has 1 aliphatic heterocycles. The number of amides is 1. The fraction of sp³-hybridized carbons (Fsp3) is 0.200. The van der Waals surface area contributed by atoms with Crippen molar-refractivity contribution < 1.29 is 18.4 Å². The summed E-state index contributed by atoms with van der Waals surface area (Å²) in [6.07, 6.45) is 0.0975. The maximum Gasteiger partial charge on any atom is 0.257 e. The van der Waals surface area contributed by atoms with E-state index < -0.39 is 23.6 Å². The number of carbonyl (C=O) groups is 1. The maximum absolute atomic E-state index is 14.3. The lowest BCUT2D eigenvalue weighted by Crippen LogP contribution is -2.38. The van der Waals surface area contributed by atoms with Gasteiger partial charge in [0.25, 0.3) is 5.91 Å². The highest BCUT2D eigenvalue weighted by molar-refractivity contribution is 6.01. The lowest BCUT2D eigenvalue weighted by atomic mass is 10.0. The molecule has 4 nitrogen and oxygen atoms in total. The SMILES string of the molecule is Cc1ccc(C2=NO[C@H](CN(Cc3ccccc3F)C(=O)c3ccccc3F)C2)cc1. The van der Waals surface area contributed by atoms with E-state index in [1.165, 1.54) is 29.2 Å². The number of halogens is 2. The van der Waals surface area contributed by atoms with Crippen molar-refractivity contribution in [3.63, 3.8) is 0 Å². The minimum Gasteiger partial charge on any atom is -0.390 e. The quantitative estimate of drug-likeness (QED) is 0.556. The molecule has 0 unspecified atom stereocenters. The summed E-state index contributed by atoms with van der Waals surface area (Å²) in [5, 5.41) is 4.17. The van der Waals surface area contributed by atoms with Gasteiger partial charge in [-0.15, -0.1) is 0 Å². The van der Waals surface area contributed by atoms with Gasteiger partial charge in [0.1, 0.15) is 11.6 Å². The molecule has 0 N–H and O–H groups in total. The number of hydrogen-bond acceptors (Lipinski definition) is 3. The van der Waals surface area contributed by atoms with Crippen molar-refractivity contribution in [2.24, 2.45) is 5.16 Å². The Morgan fingerprint density at radius 2 is 1.68 bits per heavy atom. The third kappa shape index (κ3) is 4.79. The lowest BCUT2D eigenvalue weighted by Gasteiger charge is -2.25. The van der Waals surface area contributed by atoms with Crippen LogP contribution in [0.4, 0.5) is 8.78 Å². The number of oxime groups is 1. The van der Waals surface area contributed by atoms with E-state index in [1.807, 2.05) is 31.2 Å². The maximum atomic E-state index is 14.3. The van der Waals surface area contributed by atoms with Gasteiger partial charge in [0.05, 0.1) is 17.8 Å². The number of aryl methyl sites for hydroxylation is 1. The Hall–Kier alpha value is -3.54. The Labute approximate surface area is 179 Å². The molecule has 3 aromatic rings. The molecular formula is C25H22F2N2O2. The first-order valence-electron chi connectivity index (χ1n) is 10.1. The molecule has 1 amide bonds. The van der Waals surface area contributed by atoms with Gasteiger partial charge in [-0.2, -0.15) is 0 Å². The van der Waals surface area contributed by atoms with Gasteiger partial charge in [0.15, 0.2) is 6.10 Å². The van der Waals surface area contributed by atoms with E-state index in [2.05, 4.69) is 5.16 Å². The minimum absolute atomic E-state index is 0.000431. The molecule has 0 radical (unpaired) electrons. The molecule has 3 aromatic carbocycles. The zero-order valence-electron chi connectivity index (χ0n) is 17.1. The molecule has 0 saturated carbocycles. The first kappa shape index (κ1) is 20.7. The molecule has 1 heterocycles. The standard InChI is InChI=1S/C25H22F2N2O2/c1-17-10-12-18(13-11-17)24-14-20(31-28-24)16-29(15-19-6-2-4-8-22(19)26)25(30)21-7-3-5-9-23(21)27/h2-13,20H,14-16H2,1H3/t20-/m0/s1. The molecular weight excluding hydrogens is 398 g/mol. The number of nitrogens with zero attached hydrogens (tertiary/aromatic N) is 2. The van der Waals surface area contributed by atoms with E-state index in [1.54, 1.807) is 24.3 Å². The van der Waals surface area contributed by atoms with E-state index in [4.69, 9.17) is 4.84 Å². The molecule has 0 spiro atoms. The van der Waals surface area contributed by atoms with E-state index in [0.717, 1.165) is 16.8 Å². The summed E-state index contributed by atoms with van der Waals surface area (Å²) in [7, 11) is 0. The van der Waals surface area contributed by atoms with Gasteiger partial charge in [-0.1, -0.05) is 65.3 Å². The molecule has 6 heteroatoms. The molecule has 0 aliphatic carbocycles. The second-order valence-corrected chi connectivity index (χ2v) is 7.59. The van der Waals surface area contributed by atoms with E-state index >= 15 is 0 Å². The Balaban J connectivity index is 1.53. The summed E-state index contributed by atoms with van der Waals surface area (Å²) in [6, 6.07) is 20.0. The molecule has 0 saturated heterocycles. The van der Waals surface area contributed by atoms with Crippen LogP contribution in [0.15, 0.2) is 78.0 Å². The Morgan fingerprint density at radius 3 is 2.39 bits per heavy atom. The monoisotopic (exact) mass is 420 g/mol. The number of rotatable bonds is 6. The van der Waals surface area contributed by atoms with Crippen LogP contribution in [-0.4, -0.2) is 29.2 Å². The zero-order chi connectivity index (χ0) is 21.8. The van der Waals surface area contributed by atoms with Gasteiger partial charge >= 0.3 is 0 Å². The third-order valence-corrected chi connectivity index (χ3v) is 5.25. The molecule has 1 aliphatic rings. The summed E-state index contributed by atoms with van der Waals surface area (Å²) in [5.41, 5.74) is 3.18. The summed E-state index contributed by atoms with van der Waals surface area (Å²) in [5.74, 6) is -1.55. The fourth-order valence-corrected chi connectivity index (χ4v) is 3.55. The smallest absolute Gasteiger partial charge is 0.257 e. The van der Waals surface area contributed by atoms with Crippen molar-refractivity contribution in [1.82, 2.24) is 4.90 Å². The van der Waals surface area contributed by atoms with Crippen LogP contribution in [0.3, 0.4) is 0 Å². The lowest BCUT2D eigenvalue weighted by molar-refractivity contribution is 0.0400. The van der Waals surface area contributed by atoms with Gasteiger partial charge in [0.2, 0.25) is 0 Å². The van der Waals surface area contributed by atoms with E-state index in [9.17, 15) is 13.6 Å². The fourth-order valence-electron chi connectivity index (χ4n) is 3.55. The van der Waals surface area contributed by atoms with E-state index in [-0.39, 0.29) is 18.7 Å². The molecule has 4 rings (SSSR count). The number of benzene rings is 3. The third-order valence-electron chi connectivity index (χ3n) is 5.25. The molecule has 1 atom stereocenters. The zero-order valence-corrected chi connectivity index (χ0v) is 17.1. The van der Waals surface area contributed by atoms with Crippen LogP contribution in [0.1, 0.15) is 33.5 Å². The molecule has 0 fully saturated rings. The predicted molar refractivity (Wildman–Crippen MR) is 115 cm³/mol. The van der Waals surface area contributed by atoms with Crippen LogP contribution in [0, 0.1) is 18.6 Å². The molecule has 31 heavy (non-hydrogen) atoms. The van der Waals surface area contributed by atoms with E-state index in [0.29, 0.717) is 12.0 Å². The average Bonchev–Trinajstić information content (AvgIpc) is 3.24. The minimum atomic E-state index is -0.616. The Bertz CT molecular complexity index is 1110. The van der Waals surface area contributed by atoms with Crippen molar-refractivity contribution in [3.05, 3.63) is 107 Å². The van der Waals surface area contributed by atoms with Crippen LogP contribution >= 0.6 is 0 Å². The van der Waals surface area contributed by atoms with Crippen molar-refractivity contribution in [1.29, 1.82) is 0 Å². The Kier molecular flexibility index (Phi) is 6.07. The van der Waals surface area contributed by atoms with Gasteiger partial charge in [-0.3, -0.25) is 4.79 Å². The average molecular weight is 420 g/mol. The predicted octanol–water partition coefficient (Wildman–Crippen LogP) is 5.11. The van der Waals surface area contributed by atoms with Crippen LogP contribution in [0.25, 0.3) is 0 Å². The summed E-state index contributed by atoms with van der Waals surface area (Å²) in [4.78, 5) is 20.1. The van der Waals surface area contributed by atoms with Gasteiger partial charge in [-0.25, -0.2) is 8.78 Å². The summed E-state index contributed by atoms with van der Waals surface area (Å²) < 4.78 is 28.5. The number of carbonyl (C=O) groups excluding carboxylic acids is 1. The van der Waals surface area contributed by atoms with Crippen LogP contribution < -0.4 is 0 Å². The Morgan fingerprint density at radius 1 is 1.00 bits per heavy atom. The largest absolute Gasteiger partial charge is 0.390 e. The number of hydrogen-bond donors (Lipinski definition) is 0. The van der Waals surface area contributed by atoms with Crippen molar-refractivity contribution in [2.45, 2.75) is 26.0 Å². The molecule has 0 aromatic heterocycles. The van der Waals surface area contributed by atoms with Crippen LogP contribution in [0.2, 0.25) is 0 Å². The van der Waals surface area contributed by atoms with Gasteiger partial charge in [0, 0.05) is 18.5 Å². The summed E-state index contributed by atoms with van der Waals surface area (Å²) in [6.45, 7) is 2.16. The van der Waals surface area contributed by atoms with Crippen molar-refractivity contribution in [3.8, 4) is 0 Å². The first-order valence-corrected chi connectivity index (χ1v) is 10.1.